The molecule has 0 bridgehead atoms. The summed E-state index contributed by atoms with van der Waals surface area (Å²) in [5.41, 5.74) is 2.43. The highest BCUT2D eigenvalue weighted by Gasteiger charge is 2.50. The maximum absolute atomic E-state index is 10.5. The number of ether oxygens (including phenoxy) is 1. The molecule has 4 N–H and O–H groups in total. The summed E-state index contributed by atoms with van der Waals surface area (Å²) in [6.07, 6.45) is 13.5. The first kappa shape index (κ1) is 27.9. The predicted molar refractivity (Wildman–Crippen MR) is 136 cm³/mol. The van der Waals surface area contributed by atoms with Crippen molar-refractivity contribution in [2.24, 2.45) is 23.2 Å². The summed E-state index contributed by atoms with van der Waals surface area (Å²) in [4.78, 5) is 0. The molecule has 0 radical (unpaired) electrons. The Morgan fingerprint density at radius 2 is 1.82 bits per heavy atom. The molecule has 0 unspecified atom stereocenters. The van der Waals surface area contributed by atoms with Gasteiger partial charge in [0.1, 0.15) is 6.10 Å². The van der Waals surface area contributed by atoms with Gasteiger partial charge < -0.3 is 25.2 Å². The Labute approximate surface area is 207 Å². The first-order chi connectivity index (χ1) is 16.0. The molecule has 3 fully saturated rings. The van der Waals surface area contributed by atoms with E-state index in [2.05, 4.69) is 26.0 Å². The highest BCUT2D eigenvalue weighted by Crippen LogP contribution is 2.60. The van der Waals surface area contributed by atoms with Gasteiger partial charge in [-0.3, -0.25) is 0 Å². The first-order valence-corrected chi connectivity index (χ1v) is 13.7. The zero-order chi connectivity index (χ0) is 24.9. The molecule has 0 aromatic rings. The van der Waals surface area contributed by atoms with Crippen molar-refractivity contribution >= 4 is 0 Å². The fourth-order valence-electron chi connectivity index (χ4n) is 7.25. The maximum atomic E-state index is 10.5. The topological polar surface area (TPSA) is 90.2 Å². The van der Waals surface area contributed by atoms with E-state index in [0.717, 1.165) is 30.8 Å². The molecule has 6 atom stereocenters. The van der Waals surface area contributed by atoms with E-state index in [1.165, 1.54) is 32.1 Å². The molecule has 0 amide bonds. The van der Waals surface area contributed by atoms with E-state index in [-0.39, 0.29) is 6.61 Å². The van der Waals surface area contributed by atoms with Crippen molar-refractivity contribution in [2.45, 2.75) is 122 Å². The van der Waals surface area contributed by atoms with Crippen LogP contribution in [-0.2, 0) is 4.74 Å². The molecule has 0 aromatic carbocycles. The number of aliphatic hydroxyl groups is 4. The van der Waals surface area contributed by atoms with Crippen LogP contribution in [0.4, 0.5) is 0 Å². The third-order valence-corrected chi connectivity index (χ3v) is 9.02. The van der Waals surface area contributed by atoms with Crippen LogP contribution in [0.1, 0.15) is 98.3 Å². The molecule has 0 saturated heterocycles. The average Bonchev–Trinajstić information content (AvgIpc) is 3.11. The summed E-state index contributed by atoms with van der Waals surface area (Å²) >= 11 is 0. The Kier molecular flexibility index (Phi) is 9.84. The van der Waals surface area contributed by atoms with E-state index in [0.29, 0.717) is 43.1 Å². The monoisotopic (exact) mass is 478 g/mol. The van der Waals surface area contributed by atoms with Crippen LogP contribution in [0.3, 0.4) is 0 Å². The smallest absolute Gasteiger partial charge is 0.110 e. The standard InChI is InChI=1S/C29H50O5/c1-20(8-5-14-28(2,3)33)23-12-13-24-22(9-6-15-29(23,24)4)11-10-21-18-25(31)27(26(32)19-21)34-17-7-16-30/h10-11,20,23-27,30-33H,5-9,12-19H2,1-4H3/t20-,23-,24+,25-,26-,27?,29-/m1/s1. The van der Waals surface area contributed by atoms with E-state index in [4.69, 9.17) is 9.84 Å². The van der Waals surface area contributed by atoms with E-state index >= 15 is 0 Å². The van der Waals surface area contributed by atoms with Gasteiger partial charge in [0.15, 0.2) is 0 Å². The summed E-state index contributed by atoms with van der Waals surface area (Å²) in [7, 11) is 0. The van der Waals surface area contributed by atoms with Gasteiger partial charge in [-0.2, -0.15) is 0 Å². The van der Waals surface area contributed by atoms with Crippen LogP contribution in [-0.4, -0.2) is 57.6 Å². The van der Waals surface area contributed by atoms with E-state index < -0.39 is 23.9 Å². The Balaban J connectivity index is 1.62. The Morgan fingerprint density at radius 3 is 2.47 bits per heavy atom. The van der Waals surface area contributed by atoms with Gasteiger partial charge in [-0.05, 0) is 94.8 Å². The zero-order valence-electron chi connectivity index (χ0n) is 22.0. The van der Waals surface area contributed by atoms with Gasteiger partial charge in [0.05, 0.1) is 17.8 Å². The molecule has 5 nitrogen and oxygen atoms in total. The molecule has 0 aromatic heterocycles. The number of aliphatic hydroxyl groups excluding tert-OH is 3. The third-order valence-electron chi connectivity index (χ3n) is 9.02. The van der Waals surface area contributed by atoms with Crippen LogP contribution in [0.2, 0.25) is 0 Å². The van der Waals surface area contributed by atoms with Crippen molar-refractivity contribution in [2.75, 3.05) is 13.2 Å². The first-order valence-electron chi connectivity index (χ1n) is 13.7. The molecule has 196 valence electrons. The molecule has 3 aliphatic rings. The minimum absolute atomic E-state index is 0.0538. The van der Waals surface area contributed by atoms with Crippen molar-refractivity contribution in [1.29, 1.82) is 0 Å². The fraction of sp³-hybridized carbons (Fsp3) is 0.862. The summed E-state index contributed by atoms with van der Waals surface area (Å²) in [5, 5.41) is 40.1. The summed E-state index contributed by atoms with van der Waals surface area (Å²) in [5.74, 6) is 2.06. The van der Waals surface area contributed by atoms with Gasteiger partial charge >= 0.3 is 0 Å². The van der Waals surface area contributed by atoms with Crippen molar-refractivity contribution in [3.63, 3.8) is 0 Å². The molecule has 5 heteroatoms. The Morgan fingerprint density at radius 1 is 1.12 bits per heavy atom. The second-order valence-corrected chi connectivity index (χ2v) is 12.3. The van der Waals surface area contributed by atoms with Crippen LogP contribution in [0.15, 0.2) is 23.3 Å². The number of hydrogen-bond acceptors (Lipinski definition) is 5. The number of rotatable bonds is 10. The van der Waals surface area contributed by atoms with Crippen LogP contribution in [0.5, 0.6) is 0 Å². The summed E-state index contributed by atoms with van der Waals surface area (Å²) < 4.78 is 5.62. The maximum Gasteiger partial charge on any atom is 0.110 e. The van der Waals surface area contributed by atoms with Crippen LogP contribution >= 0.6 is 0 Å². The lowest BCUT2D eigenvalue weighted by atomic mass is 9.60. The molecule has 0 spiro atoms. The molecule has 3 aliphatic carbocycles. The minimum Gasteiger partial charge on any atom is -0.396 e. The molecule has 34 heavy (non-hydrogen) atoms. The van der Waals surface area contributed by atoms with E-state index in [1.807, 2.05) is 13.8 Å². The third kappa shape index (κ3) is 6.94. The highest BCUT2D eigenvalue weighted by atomic mass is 16.5. The summed E-state index contributed by atoms with van der Waals surface area (Å²) in [6, 6.07) is 0. The molecule has 0 aliphatic heterocycles. The molecule has 0 heterocycles. The lowest BCUT2D eigenvalue weighted by molar-refractivity contribution is -0.111. The zero-order valence-corrected chi connectivity index (χ0v) is 22.0. The molecular weight excluding hydrogens is 428 g/mol. The quantitative estimate of drug-likeness (QED) is 0.335. The fourth-order valence-corrected chi connectivity index (χ4v) is 7.25. The normalized spacial score (nSPS) is 36.5. The van der Waals surface area contributed by atoms with Crippen LogP contribution in [0.25, 0.3) is 0 Å². The highest BCUT2D eigenvalue weighted by molar-refractivity contribution is 5.26. The number of allylic oxidation sites excluding steroid dienone is 3. The van der Waals surface area contributed by atoms with Crippen molar-refractivity contribution in [3.8, 4) is 0 Å². The average molecular weight is 479 g/mol. The predicted octanol–water partition coefficient (Wildman–Crippen LogP) is 4.92. The van der Waals surface area contributed by atoms with Crippen LogP contribution in [0, 0.1) is 23.2 Å². The van der Waals surface area contributed by atoms with Gasteiger partial charge in [0, 0.05) is 13.2 Å². The van der Waals surface area contributed by atoms with Gasteiger partial charge in [0.2, 0.25) is 0 Å². The van der Waals surface area contributed by atoms with Crippen molar-refractivity contribution < 1.29 is 25.2 Å². The largest absolute Gasteiger partial charge is 0.396 e. The van der Waals surface area contributed by atoms with Gasteiger partial charge in [0.25, 0.3) is 0 Å². The molecule has 3 rings (SSSR count). The molecule has 3 saturated carbocycles. The SMILES string of the molecule is C[C@H](CCCC(C)(C)O)[C@H]1CC[C@H]2C(=CC=C3C[C@@H](O)C(OCCCO)[C@H](O)C3)CCC[C@]12C. The Hall–Kier alpha value is -0.720. The second-order valence-electron chi connectivity index (χ2n) is 12.3. The van der Waals surface area contributed by atoms with Gasteiger partial charge in [-0.25, -0.2) is 0 Å². The lowest BCUT2D eigenvalue weighted by Crippen LogP contribution is -2.44. The second kappa shape index (κ2) is 12.0. The molecular formula is C29H50O5. The Bertz CT molecular complexity index is 694. The summed E-state index contributed by atoms with van der Waals surface area (Å²) in [6.45, 7) is 9.17. The minimum atomic E-state index is -0.704. The number of hydrogen-bond donors (Lipinski definition) is 4. The number of fused-ring (bicyclic) bond motifs is 1. The lowest BCUT2D eigenvalue weighted by Gasteiger charge is -2.44. The van der Waals surface area contributed by atoms with Crippen LogP contribution < -0.4 is 0 Å². The van der Waals surface area contributed by atoms with Gasteiger partial charge in [-0.1, -0.05) is 50.0 Å². The van der Waals surface area contributed by atoms with Crippen molar-refractivity contribution in [1.82, 2.24) is 0 Å². The van der Waals surface area contributed by atoms with E-state index in [9.17, 15) is 15.3 Å². The van der Waals surface area contributed by atoms with Gasteiger partial charge in [-0.15, -0.1) is 0 Å². The van der Waals surface area contributed by atoms with E-state index in [1.54, 1.807) is 5.57 Å². The van der Waals surface area contributed by atoms with Crippen molar-refractivity contribution in [3.05, 3.63) is 23.3 Å².